The third kappa shape index (κ3) is 5.32. The van der Waals surface area contributed by atoms with E-state index in [1.54, 1.807) is 0 Å². The number of fused-ring (bicyclic) bond motifs is 1. The first kappa shape index (κ1) is 23.4. The molecule has 7 heteroatoms. The van der Waals surface area contributed by atoms with Gasteiger partial charge in [0.15, 0.2) is 5.65 Å². The number of anilines is 1. The zero-order valence-corrected chi connectivity index (χ0v) is 20.6. The van der Waals surface area contributed by atoms with E-state index in [4.69, 9.17) is 20.7 Å². The van der Waals surface area contributed by atoms with Crippen LogP contribution in [0.25, 0.3) is 33.4 Å². The minimum atomic E-state index is 0.524. The molecule has 0 aliphatic carbocycles. The van der Waals surface area contributed by atoms with Gasteiger partial charge in [-0.1, -0.05) is 54.6 Å². The summed E-state index contributed by atoms with van der Waals surface area (Å²) in [5, 5.41) is 0.944. The van der Waals surface area contributed by atoms with E-state index in [0.717, 1.165) is 84.2 Å². The molecule has 0 atom stereocenters. The van der Waals surface area contributed by atoms with Crippen molar-refractivity contribution < 1.29 is 0 Å². The molecule has 1 aliphatic heterocycles. The molecule has 2 aromatic heterocycles. The zero-order valence-electron chi connectivity index (χ0n) is 20.6. The fourth-order valence-electron chi connectivity index (χ4n) is 4.48. The standard InChI is InChI=1S/C28H33N7/c1-33(2)12-13-34-14-16-35(17-15-34)28-30-20-24-18-25(22-6-4-3-5-7-22)26(31-27(24)32-28)23-10-8-21(19-29)9-11-23/h3-11,18,20H,12-17,19,29H2,1-2H3. The Bertz CT molecular complexity index is 1260. The maximum atomic E-state index is 5.82. The number of hydrogen-bond acceptors (Lipinski definition) is 7. The minimum absolute atomic E-state index is 0.524. The Morgan fingerprint density at radius 2 is 1.63 bits per heavy atom. The molecule has 0 radical (unpaired) electrons. The van der Waals surface area contributed by atoms with Crippen molar-refractivity contribution in [3.05, 3.63) is 72.4 Å². The number of likely N-dealkylation sites (N-methyl/N-ethyl adjacent to an activating group) is 1. The lowest BCUT2D eigenvalue weighted by Crippen LogP contribution is -2.48. The lowest BCUT2D eigenvalue weighted by atomic mass is 9.98. The van der Waals surface area contributed by atoms with Gasteiger partial charge in [0.25, 0.3) is 0 Å². The van der Waals surface area contributed by atoms with Gasteiger partial charge in [-0.15, -0.1) is 0 Å². The molecule has 4 aromatic rings. The van der Waals surface area contributed by atoms with Crippen molar-refractivity contribution in [2.24, 2.45) is 5.73 Å². The van der Waals surface area contributed by atoms with Crippen molar-refractivity contribution >= 4 is 17.0 Å². The summed E-state index contributed by atoms with van der Waals surface area (Å²) in [6, 6.07) is 20.9. The smallest absolute Gasteiger partial charge is 0.227 e. The normalized spacial score (nSPS) is 14.7. The molecule has 0 saturated carbocycles. The first-order valence-electron chi connectivity index (χ1n) is 12.3. The zero-order chi connectivity index (χ0) is 24.2. The molecular formula is C28H33N7. The van der Waals surface area contributed by atoms with Gasteiger partial charge in [-0.05, 0) is 31.3 Å². The van der Waals surface area contributed by atoms with Crippen LogP contribution in [-0.4, -0.2) is 78.1 Å². The summed E-state index contributed by atoms with van der Waals surface area (Å²) in [5.74, 6) is 0.758. The molecule has 1 aliphatic rings. The molecule has 0 spiro atoms. The highest BCUT2D eigenvalue weighted by molar-refractivity contribution is 5.90. The fraction of sp³-hybridized carbons (Fsp3) is 0.321. The average Bonchev–Trinajstić information content (AvgIpc) is 2.91. The van der Waals surface area contributed by atoms with Gasteiger partial charge in [-0.25, -0.2) is 9.97 Å². The summed E-state index contributed by atoms with van der Waals surface area (Å²) in [6.07, 6.45) is 1.91. The fourth-order valence-corrected chi connectivity index (χ4v) is 4.48. The first-order chi connectivity index (χ1) is 17.1. The molecule has 2 N–H and O–H groups in total. The molecule has 5 rings (SSSR count). The SMILES string of the molecule is CN(C)CCN1CCN(c2ncc3cc(-c4ccccc4)c(-c4ccc(CN)cc4)nc3n2)CC1. The van der Waals surface area contributed by atoms with E-state index in [1.165, 1.54) is 0 Å². The predicted octanol–water partition coefficient (Wildman–Crippen LogP) is 3.50. The maximum Gasteiger partial charge on any atom is 0.227 e. The Kier molecular flexibility index (Phi) is 6.99. The van der Waals surface area contributed by atoms with Crippen molar-refractivity contribution in [2.75, 3.05) is 58.3 Å². The molecular weight excluding hydrogens is 434 g/mol. The Morgan fingerprint density at radius 1 is 0.886 bits per heavy atom. The first-order valence-corrected chi connectivity index (χ1v) is 12.3. The van der Waals surface area contributed by atoms with Crippen LogP contribution in [0.5, 0.6) is 0 Å². The van der Waals surface area contributed by atoms with Crippen molar-refractivity contribution in [1.82, 2.24) is 24.8 Å². The second kappa shape index (κ2) is 10.5. The number of nitrogens with zero attached hydrogens (tertiary/aromatic N) is 6. The molecule has 180 valence electrons. The van der Waals surface area contributed by atoms with Crippen LogP contribution in [0, 0.1) is 0 Å². The number of rotatable bonds is 7. The van der Waals surface area contributed by atoms with Gasteiger partial charge in [0, 0.05) is 68.5 Å². The number of pyridine rings is 1. The molecule has 0 amide bonds. The van der Waals surface area contributed by atoms with E-state index in [2.05, 4.69) is 83.4 Å². The summed E-state index contributed by atoms with van der Waals surface area (Å²) in [5.41, 5.74) is 11.8. The van der Waals surface area contributed by atoms with Crippen LogP contribution in [0.15, 0.2) is 66.9 Å². The van der Waals surface area contributed by atoms with Gasteiger partial charge < -0.3 is 15.5 Å². The quantitative estimate of drug-likeness (QED) is 0.446. The van der Waals surface area contributed by atoms with E-state index in [0.29, 0.717) is 6.54 Å². The maximum absolute atomic E-state index is 5.82. The van der Waals surface area contributed by atoms with Gasteiger partial charge >= 0.3 is 0 Å². The Balaban J connectivity index is 1.47. The molecule has 0 bridgehead atoms. The Morgan fingerprint density at radius 3 is 2.31 bits per heavy atom. The van der Waals surface area contributed by atoms with Crippen molar-refractivity contribution in [3.63, 3.8) is 0 Å². The summed E-state index contributed by atoms with van der Waals surface area (Å²) < 4.78 is 0. The molecule has 35 heavy (non-hydrogen) atoms. The molecule has 7 nitrogen and oxygen atoms in total. The lowest BCUT2D eigenvalue weighted by molar-refractivity contribution is 0.229. The van der Waals surface area contributed by atoms with Crippen molar-refractivity contribution in [3.8, 4) is 22.4 Å². The van der Waals surface area contributed by atoms with E-state index in [1.807, 2.05) is 12.3 Å². The third-order valence-electron chi connectivity index (χ3n) is 6.62. The second-order valence-electron chi connectivity index (χ2n) is 9.37. The topological polar surface area (TPSA) is 74.4 Å². The summed E-state index contributed by atoms with van der Waals surface area (Å²) in [7, 11) is 4.24. The van der Waals surface area contributed by atoms with Crippen molar-refractivity contribution in [1.29, 1.82) is 0 Å². The van der Waals surface area contributed by atoms with Crippen LogP contribution in [0.4, 0.5) is 5.95 Å². The van der Waals surface area contributed by atoms with E-state index in [9.17, 15) is 0 Å². The van der Waals surface area contributed by atoms with Crippen LogP contribution in [0.3, 0.4) is 0 Å². The van der Waals surface area contributed by atoms with E-state index < -0.39 is 0 Å². The van der Waals surface area contributed by atoms with E-state index in [-0.39, 0.29) is 0 Å². The van der Waals surface area contributed by atoms with Crippen LogP contribution in [0.2, 0.25) is 0 Å². The Labute approximate surface area is 207 Å². The number of hydrogen-bond donors (Lipinski definition) is 1. The van der Waals surface area contributed by atoms with Gasteiger partial charge in [-0.2, -0.15) is 4.98 Å². The van der Waals surface area contributed by atoms with Crippen LogP contribution in [-0.2, 0) is 6.54 Å². The summed E-state index contributed by atoms with van der Waals surface area (Å²) >= 11 is 0. The molecule has 0 unspecified atom stereocenters. The minimum Gasteiger partial charge on any atom is -0.338 e. The number of piperazine rings is 1. The number of benzene rings is 2. The number of aromatic nitrogens is 3. The molecule has 3 heterocycles. The van der Waals surface area contributed by atoms with Crippen LogP contribution < -0.4 is 10.6 Å². The average molecular weight is 468 g/mol. The highest BCUT2D eigenvalue weighted by Gasteiger charge is 2.20. The van der Waals surface area contributed by atoms with Gasteiger partial charge in [0.05, 0.1) is 5.69 Å². The monoisotopic (exact) mass is 467 g/mol. The highest BCUT2D eigenvalue weighted by atomic mass is 15.3. The Hall–Kier alpha value is -3.39. The van der Waals surface area contributed by atoms with Crippen molar-refractivity contribution in [2.45, 2.75) is 6.54 Å². The van der Waals surface area contributed by atoms with Gasteiger partial charge in [-0.3, -0.25) is 4.90 Å². The predicted molar refractivity (Wildman–Crippen MR) is 143 cm³/mol. The van der Waals surface area contributed by atoms with Gasteiger partial charge in [0.2, 0.25) is 5.95 Å². The molecule has 2 aromatic carbocycles. The van der Waals surface area contributed by atoms with Crippen LogP contribution in [0.1, 0.15) is 5.56 Å². The van der Waals surface area contributed by atoms with E-state index >= 15 is 0 Å². The second-order valence-corrected chi connectivity index (χ2v) is 9.37. The highest BCUT2D eigenvalue weighted by Crippen LogP contribution is 2.33. The lowest BCUT2D eigenvalue weighted by Gasteiger charge is -2.35. The summed E-state index contributed by atoms with van der Waals surface area (Å²) in [4.78, 5) is 21.7. The third-order valence-corrected chi connectivity index (χ3v) is 6.62. The largest absolute Gasteiger partial charge is 0.338 e. The molecule has 1 fully saturated rings. The van der Waals surface area contributed by atoms with Gasteiger partial charge in [0.1, 0.15) is 0 Å². The summed E-state index contributed by atoms with van der Waals surface area (Å²) in [6.45, 7) is 6.59. The van der Waals surface area contributed by atoms with Crippen LogP contribution >= 0.6 is 0 Å². The molecule has 1 saturated heterocycles. The number of nitrogens with two attached hydrogens (primary N) is 1.